The van der Waals surface area contributed by atoms with Crippen LogP contribution in [0.25, 0.3) is 21.8 Å². The molecule has 0 saturated carbocycles. The summed E-state index contributed by atoms with van der Waals surface area (Å²) in [6.45, 7) is 0.838. The van der Waals surface area contributed by atoms with Gasteiger partial charge in [-0.2, -0.15) is 4.39 Å². The number of nitrogens with zero attached hydrogens (tertiary/aromatic N) is 3. The summed E-state index contributed by atoms with van der Waals surface area (Å²) >= 11 is 6.17. The van der Waals surface area contributed by atoms with Crippen LogP contribution >= 0.6 is 11.6 Å². The molecule has 0 amide bonds. The van der Waals surface area contributed by atoms with Gasteiger partial charge in [-0.1, -0.05) is 72.3 Å². The van der Waals surface area contributed by atoms with E-state index >= 15 is 0 Å². The molecule has 0 bridgehead atoms. The molecule has 5 aromatic carbocycles. The average Bonchev–Trinajstić information content (AvgIpc) is 3.17. The van der Waals surface area contributed by atoms with Crippen molar-refractivity contribution in [2.24, 2.45) is 0 Å². The molecule has 0 atom stereocenters. The van der Waals surface area contributed by atoms with Crippen molar-refractivity contribution in [3.05, 3.63) is 160 Å². The van der Waals surface area contributed by atoms with Gasteiger partial charge in [-0.25, -0.2) is 0 Å². The standard InChI is InChI=1S/C23H17FN2O5.C17H14ClNO2/c1-29-22-12-17-19(13-23(22)30-14-15-5-3-2-4-6-15)25-10-9-21(17)31-16-7-8-20(26(27)28)18(24)11-16;1-20-16-9-13-14(18)7-8-19-15(13)10-17(16)21-11-12-5-3-2-4-6-12/h2-13H,14H2,1H3;2-10H,11H2,1H3. The van der Waals surface area contributed by atoms with Crippen molar-refractivity contribution < 1.29 is 33.0 Å². The number of rotatable bonds is 11. The lowest BCUT2D eigenvalue weighted by Crippen LogP contribution is -1.98. The van der Waals surface area contributed by atoms with Crippen LogP contribution in [0, 0.1) is 15.9 Å². The van der Waals surface area contributed by atoms with Crippen LogP contribution in [-0.4, -0.2) is 29.1 Å². The van der Waals surface area contributed by atoms with Crippen molar-refractivity contribution in [2.45, 2.75) is 13.2 Å². The van der Waals surface area contributed by atoms with Crippen LogP contribution in [0.4, 0.5) is 10.1 Å². The summed E-state index contributed by atoms with van der Waals surface area (Å²) in [5.74, 6) is 1.85. The van der Waals surface area contributed by atoms with Crippen LogP contribution in [0.5, 0.6) is 34.5 Å². The Morgan fingerprint density at radius 3 is 1.73 bits per heavy atom. The first-order valence-corrected chi connectivity index (χ1v) is 16.2. The van der Waals surface area contributed by atoms with Gasteiger partial charge in [0.25, 0.3) is 0 Å². The molecule has 2 aromatic heterocycles. The number of hydrogen-bond donors (Lipinski definition) is 0. The lowest BCUT2D eigenvalue weighted by atomic mass is 10.1. The Labute approximate surface area is 303 Å². The minimum absolute atomic E-state index is 0.124. The first-order chi connectivity index (χ1) is 25.3. The van der Waals surface area contributed by atoms with E-state index in [0.29, 0.717) is 57.9 Å². The van der Waals surface area contributed by atoms with Crippen LogP contribution in [-0.2, 0) is 13.2 Å². The average molecular weight is 720 g/mol. The molecule has 0 saturated heterocycles. The van der Waals surface area contributed by atoms with Gasteiger partial charge in [0.05, 0.1) is 35.2 Å². The maximum absolute atomic E-state index is 13.9. The summed E-state index contributed by atoms with van der Waals surface area (Å²) in [4.78, 5) is 18.7. The third-order valence-corrected chi connectivity index (χ3v) is 8.11. The topological polar surface area (TPSA) is 115 Å². The van der Waals surface area contributed by atoms with Gasteiger partial charge in [-0.05, 0) is 41.5 Å². The molecule has 0 spiro atoms. The molecule has 0 radical (unpaired) electrons. The summed E-state index contributed by atoms with van der Waals surface area (Å²) in [7, 11) is 3.14. The summed E-state index contributed by atoms with van der Waals surface area (Å²) < 4.78 is 42.3. The highest BCUT2D eigenvalue weighted by Gasteiger charge is 2.17. The van der Waals surface area contributed by atoms with E-state index in [2.05, 4.69) is 9.97 Å². The van der Waals surface area contributed by atoms with E-state index in [0.717, 1.165) is 34.2 Å². The highest BCUT2D eigenvalue weighted by Crippen LogP contribution is 2.38. The zero-order chi connectivity index (χ0) is 36.5. The Hall–Kier alpha value is -6.46. The SMILES string of the molecule is COc1cc2c(Cl)ccnc2cc1OCc1ccccc1.COc1cc2c(Oc3ccc([N+](=O)[O-])c(F)c3)ccnc2cc1OCc1ccccc1. The van der Waals surface area contributed by atoms with E-state index < -0.39 is 16.4 Å². The molecule has 12 heteroatoms. The maximum Gasteiger partial charge on any atom is 0.305 e. The predicted octanol–water partition coefficient (Wildman–Crippen LogP) is 10.1. The fraction of sp³-hybridized carbons (Fsp3) is 0.100. The summed E-state index contributed by atoms with van der Waals surface area (Å²) in [6.07, 6.45) is 3.23. The number of fused-ring (bicyclic) bond motifs is 2. The molecule has 7 aromatic rings. The van der Waals surface area contributed by atoms with Crippen molar-refractivity contribution in [1.29, 1.82) is 0 Å². The lowest BCUT2D eigenvalue weighted by molar-refractivity contribution is -0.387. The number of hydrogen-bond acceptors (Lipinski definition) is 9. The first kappa shape index (κ1) is 35.4. The second-order valence-electron chi connectivity index (χ2n) is 11.2. The molecule has 262 valence electrons. The van der Waals surface area contributed by atoms with E-state index in [-0.39, 0.29) is 5.75 Å². The molecular formula is C40H31ClFN3O7. The smallest absolute Gasteiger partial charge is 0.305 e. The normalized spacial score (nSPS) is 10.6. The molecule has 0 aliphatic heterocycles. The number of benzene rings is 5. The number of pyridine rings is 2. The Morgan fingerprint density at radius 1 is 0.654 bits per heavy atom. The zero-order valence-electron chi connectivity index (χ0n) is 28.0. The monoisotopic (exact) mass is 719 g/mol. The molecule has 7 rings (SSSR count). The van der Waals surface area contributed by atoms with Crippen LogP contribution in [0.15, 0.2) is 128 Å². The molecule has 10 nitrogen and oxygen atoms in total. The first-order valence-electron chi connectivity index (χ1n) is 15.9. The lowest BCUT2D eigenvalue weighted by Gasteiger charge is -2.14. The second kappa shape index (κ2) is 16.5. The van der Waals surface area contributed by atoms with Crippen LogP contribution in [0.3, 0.4) is 0 Å². The Morgan fingerprint density at radius 2 is 1.19 bits per heavy atom. The second-order valence-corrected chi connectivity index (χ2v) is 11.6. The van der Waals surface area contributed by atoms with E-state index in [1.54, 1.807) is 43.8 Å². The highest BCUT2D eigenvalue weighted by molar-refractivity contribution is 6.35. The minimum atomic E-state index is -0.977. The number of methoxy groups -OCH3 is 2. The van der Waals surface area contributed by atoms with Crippen LogP contribution in [0.1, 0.15) is 11.1 Å². The Kier molecular flexibility index (Phi) is 11.2. The highest BCUT2D eigenvalue weighted by atomic mass is 35.5. The molecule has 52 heavy (non-hydrogen) atoms. The van der Waals surface area contributed by atoms with Crippen molar-refractivity contribution in [1.82, 2.24) is 9.97 Å². The van der Waals surface area contributed by atoms with Crippen molar-refractivity contribution in [2.75, 3.05) is 14.2 Å². The van der Waals surface area contributed by atoms with Gasteiger partial charge in [0, 0.05) is 47.4 Å². The number of aromatic nitrogens is 2. The van der Waals surface area contributed by atoms with Gasteiger partial charge in [-0.3, -0.25) is 20.1 Å². The molecule has 0 unspecified atom stereocenters. The fourth-order valence-corrected chi connectivity index (χ4v) is 5.39. The molecule has 2 heterocycles. The summed E-state index contributed by atoms with van der Waals surface area (Å²) in [6, 6.07) is 33.6. The van der Waals surface area contributed by atoms with Gasteiger partial charge in [0.2, 0.25) is 5.82 Å². The number of halogens is 2. The number of nitro benzene ring substituents is 1. The van der Waals surface area contributed by atoms with Crippen molar-refractivity contribution >= 4 is 39.1 Å². The van der Waals surface area contributed by atoms with Crippen LogP contribution < -0.4 is 23.7 Å². The molecule has 0 fully saturated rings. The largest absolute Gasteiger partial charge is 0.493 e. The molecule has 0 aliphatic carbocycles. The van der Waals surface area contributed by atoms with Crippen LogP contribution in [0.2, 0.25) is 5.02 Å². The predicted molar refractivity (Wildman–Crippen MR) is 196 cm³/mol. The van der Waals surface area contributed by atoms with Crippen molar-refractivity contribution in [3.63, 3.8) is 0 Å². The quantitative estimate of drug-likeness (QED) is 0.0951. The Bertz CT molecular complexity index is 2330. The summed E-state index contributed by atoms with van der Waals surface area (Å²) in [5, 5.41) is 12.9. The van der Waals surface area contributed by atoms with Gasteiger partial charge < -0.3 is 23.7 Å². The van der Waals surface area contributed by atoms with E-state index in [1.807, 2.05) is 72.8 Å². The molecule has 0 N–H and O–H groups in total. The Balaban J connectivity index is 0.000000192. The third kappa shape index (κ3) is 8.45. The maximum atomic E-state index is 13.9. The summed E-state index contributed by atoms with van der Waals surface area (Å²) in [5.41, 5.74) is 2.86. The molecular weight excluding hydrogens is 689 g/mol. The minimum Gasteiger partial charge on any atom is -0.493 e. The fourth-order valence-electron chi connectivity index (χ4n) is 5.18. The van der Waals surface area contributed by atoms with Crippen molar-refractivity contribution in [3.8, 4) is 34.5 Å². The zero-order valence-corrected chi connectivity index (χ0v) is 28.7. The van der Waals surface area contributed by atoms with Gasteiger partial charge in [0.15, 0.2) is 23.0 Å². The van der Waals surface area contributed by atoms with Gasteiger partial charge >= 0.3 is 5.69 Å². The number of nitro groups is 1. The molecule has 0 aliphatic rings. The van der Waals surface area contributed by atoms with E-state index in [4.69, 9.17) is 35.3 Å². The van der Waals surface area contributed by atoms with E-state index in [1.165, 1.54) is 13.2 Å². The third-order valence-electron chi connectivity index (χ3n) is 7.78. The van der Waals surface area contributed by atoms with Gasteiger partial charge in [0.1, 0.15) is 24.7 Å². The van der Waals surface area contributed by atoms with E-state index in [9.17, 15) is 14.5 Å². The number of ether oxygens (including phenoxy) is 5. The van der Waals surface area contributed by atoms with Gasteiger partial charge in [-0.15, -0.1) is 0 Å².